The molecular weight excluding hydrogens is 236 g/mol. The molecule has 3 nitrogen and oxygen atoms in total. The summed E-state index contributed by atoms with van der Waals surface area (Å²) in [7, 11) is 4.28. The molecule has 106 valence electrons. The van der Waals surface area contributed by atoms with Crippen molar-refractivity contribution in [2.45, 2.75) is 38.1 Å². The molecule has 0 aromatic carbocycles. The normalized spacial score (nSPS) is 35.5. The first-order valence-corrected chi connectivity index (χ1v) is 7.65. The second-order valence-electron chi connectivity index (χ2n) is 6.45. The summed E-state index contributed by atoms with van der Waals surface area (Å²) < 4.78 is 6.20. The van der Waals surface area contributed by atoms with Gasteiger partial charge in [0.05, 0.1) is 6.04 Å². The molecule has 1 aliphatic heterocycles. The van der Waals surface area contributed by atoms with Gasteiger partial charge in [-0.15, -0.1) is 0 Å². The quantitative estimate of drug-likeness (QED) is 0.904. The average Bonchev–Trinajstić information content (AvgIpc) is 2.92. The molecule has 3 rings (SSSR count). The minimum atomic E-state index is 0.448. The van der Waals surface area contributed by atoms with E-state index in [-0.39, 0.29) is 0 Å². The Morgan fingerprint density at radius 3 is 2.79 bits per heavy atom. The molecule has 19 heavy (non-hydrogen) atoms. The third kappa shape index (κ3) is 2.59. The van der Waals surface area contributed by atoms with E-state index in [4.69, 9.17) is 4.42 Å². The van der Waals surface area contributed by atoms with Gasteiger partial charge in [-0.25, -0.2) is 0 Å². The van der Waals surface area contributed by atoms with E-state index in [9.17, 15) is 0 Å². The predicted molar refractivity (Wildman–Crippen MR) is 77.3 cm³/mol. The lowest BCUT2D eigenvalue weighted by Gasteiger charge is -2.38. The number of piperidine rings is 1. The maximum absolute atomic E-state index is 6.20. The molecule has 1 aromatic rings. The van der Waals surface area contributed by atoms with Crippen molar-refractivity contribution < 1.29 is 4.42 Å². The average molecular weight is 262 g/mol. The molecule has 0 radical (unpaired) electrons. The second-order valence-corrected chi connectivity index (χ2v) is 6.45. The van der Waals surface area contributed by atoms with Crippen LogP contribution in [0, 0.1) is 11.8 Å². The summed E-state index contributed by atoms with van der Waals surface area (Å²) in [5, 5.41) is 3.34. The van der Waals surface area contributed by atoms with Crippen LogP contribution in [0.5, 0.6) is 0 Å². The summed E-state index contributed by atoms with van der Waals surface area (Å²) in [4.78, 5) is 2.46. The van der Waals surface area contributed by atoms with E-state index in [0.29, 0.717) is 17.9 Å². The van der Waals surface area contributed by atoms with Crippen molar-refractivity contribution in [2.75, 3.05) is 27.2 Å². The number of hydrogen-bond donors (Lipinski definition) is 1. The van der Waals surface area contributed by atoms with Gasteiger partial charge >= 0.3 is 0 Å². The topological polar surface area (TPSA) is 28.4 Å². The van der Waals surface area contributed by atoms with Crippen LogP contribution >= 0.6 is 0 Å². The molecule has 0 amide bonds. The second kappa shape index (κ2) is 5.29. The van der Waals surface area contributed by atoms with Gasteiger partial charge in [0.2, 0.25) is 0 Å². The van der Waals surface area contributed by atoms with Crippen molar-refractivity contribution in [1.82, 2.24) is 10.2 Å². The van der Waals surface area contributed by atoms with E-state index in [1.165, 1.54) is 37.3 Å². The van der Waals surface area contributed by atoms with E-state index < -0.39 is 0 Å². The minimum Gasteiger partial charge on any atom is -0.464 e. The Kier molecular flexibility index (Phi) is 3.68. The first kappa shape index (κ1) is 13.2. The predicted octanol–water partition coefficient (Wildman–Crippen LogP) is 3.01. The zero-order valence-corrected chi connectivity index (χ0v) is 12.4. The van der Waals surface area contributed by atoms with Crippen LogP contribution < -0.4 is 5.32 Å². The molecule has 2 aliphatic rings. The van der Waals surface area contributed by atoms with Gasteiger partial charge in [0.15, 0.2) is 0 Å². The van der Waals surface area contributed by atoms with Crippen LogP contribution in [0.4, 0.5) is 0 Å². The molecule has 4 atom stereocenters. The van der Waals surface area contributed by atoms with Crippen molar-refractivity contribution in [1.29, 1.82) is 0 Å². The molecule has 4 unspecified atom stereocenters. The number of likely N-dealkylation sites (tertiary alicyclic amines) is 1. The lowest BCUT2D eigenvalue weighted by atomic mass is 9.88. The smallest absolute Gasteiger partial charge is 0.121 e. The molecule has 1 aliphatic carbocycles. The molecule has 0 bridgehead atoms. The van der Waals surface area contributed by atoms with Crippen molar-refractivity contribution in [3.05, 3.63) is 23.7 Å². The molecule has 3 heteroatoms. The SMILES string of the molecule is CNCC1CCCN(C)C1c1ccc(C2CC2C)o1. The van der Waals surface area contributed by atoms with Gasteiger partial charge in [-0.1, -0.05) is 6.92 Å². The van der Waals surface area contributed by atoms with E-state index in [1.54, 1.807) is 0 Å². The largest absolute Gasteiger partial charge is 0.464 e. The lowest BCUT2D eigenvalue weighted by molar-refractivity contribution is 0.101. The summed E-state index contributed by atoms with van der Waals surface area (Å²) in [6.07, 6.45) is 3.89. The van der Waals surface area contributed by atoms with Gasteiger partial charge in [0.1, 0.15) is 11.5 Å². The molecule has 1 aromatic heterocycles. The zero-order chi connectivity index (χ0) is 13.4. The van der Waals surface area contributed by atoms with E-state index >= 15 is 0 Å². The molecule has 2 fully saturated rings. The molecule has 1 N–H and O–H groups in total. The van der Waals surface area contributed by atoms with Crippen LogP contribution in [-0.4, -0.2) is 32.1 Å². The summed E-state index contributed by atoms with van der Waals surface area (Å²) in [5.74, 6) is 4.56. The fourth-order valence-electron chi connectivity index (χ4n) is 3.63. The fraction of sp³-hybridized carbons (Fsp3) is 0.750. The van der Waals surface area contributed by atoms with E-state index in [0.717, 1.165) is 12.5 Å². The van der Waals surface area contributed by atoms with E-state index in [1.807, 2.05) is 7.05 Å². The van der Waals surface area contributed by atoms with Gasteiger partial charge < -0.3 is 9.73 Å². The highest BCUT2D eigenvalue weighted by Crippen LogP contribution is 2.48. The third-order valence-corrected chi connectivity index (χ3v) is 4.89. The number of nitrogens with one attached hydrogen (secondary N) is 1. The molecule has 1 saturated carbocycles. The first-order chi connectivity index (χ1) is 9.20. The van der Waals surface area contributed by atoms with Crippen LogP contribution in [0.2, 0.25) is 0 Å². The number of nitrogens with zero attached hydrogens (tertiary/aromatic N) is 1. The Labute approximate surface area is 116 Å². The number of rotatable bonds is 4. The van der Waals surface area contributed by atoms with Crippen molar-refractivity contribution in [3.8, 4) is 0 Å². The summed E-state index contributed by atoms with van der Waals surface area (Å²) in [6.45, 7) is 4.56. The van der Waals surface area contributed by atoms with Crippen molar-refractivity contribution in [3.63, 3.8) is 0 Å². The van der Waals surface area contributed by atoms with Gasteiger partial charge in [-0.3, -0.25) is 4.90 Å². The van der Waals surface area contributed by atoms with Gasteiger partial charge in [-0.2, -0.15) is 0 Å². The maximum Gasteiger partial charge on any atom is 0.121 e. The standard InChI is InChI=1S/C16H26N2O/c1-11-9-13(11)14-6-7-15(19-14)16-12(10-17-2)5-4-8-18(16)3/h6-7,11-13,16-17H,4-5,8-10H2,1-3H3. The third-order valence-electron chi connectivity index (χ3n) is 4.89. The molecular formula is C16H26N2O. The monoisotopic (exact) mass is 262 g/mol. The summed E-state index contributed by atoms with van der Waals surface area (Å²) in [6, 6.07) is 4.88. The first-order valence-electron chi connectivity index (χ1n) is 7.65. The van der Waals surface area contributed by atoms with Crippen LogP contribution in [0.25, 0.3) is 0 Å². The Hall–Kier alpha value is -0.800. The highest BCUT2D eigenvalue weighted by Gasteiger charge is 2.38. The Morgan fingerprint density at radius 1 is 1.37 bits per heavy atom. The Balaban J connectivity index is 1.78. The van der Waals surface area contributed by atoms with Gasteiger partial charge in [0.25, 0.3) is 0 Å². The number of furan rings is 1. The molecule has 2 heterocycles. The Morgan fingerprint density at radius 2 is 2.11 bits per heavy atom. The molecule has 1 saturated heterocycles. The van der Waals surface area contributed by atoms with Crippen molar-refractivity contribution >= 4 is 0 Å². The van der Waals surface area contributed by atoms with Crippen LogP contribution in [0.3, 0.4) is 0 Å². The zero-order valence-electron chi connectivity index (χ0n) is 12.4. The minimum absolute atomic E-state index is 0.448. The highest BCUT2D eigenvalue weighted by molar-refractivity contribution is 5.20. The van der Waals surface area contributed by atoms with Gasteiger partial charge in [0, 0.05) is 5.92 Å². The van der Waals surface area contributed by atoms with E-state index in [2.05, 4.69) is 36.3 Å². The maximum atomic E-state index is 6.20. The molecule has 0 spiro atoms. The van der Waals surface area contributed by atoms with Crippen molar-refractivity contribution in [2.24, 2.45) is 11.8 Å². The van der Waals surface area contributed by atoms with Crippen LogP contribution in [0.15, 0.2) is 16.5 Å². The van der Waals surface area contributed by atoms with Crippen LogP contribution in [-0.2, 0) is 0 Å². The van der Waals surface area contributed by atoms with Gasteiger partial charge in [-0.05, 0) is 70.4 Å². The number of hydrogen-bond acceptors (Lipinski definition) is 3. The summed E-state index contributed by atoms with van der Waals surface area (Å²) in [5.41, 5.74) is 0. The lowest BCUT2D eigenvalue weighted by Crippen LogP contribution is -2.39. The highest BCUT2D eigenvalue weighted by atomic mass is 16.3. The fourth-order valence-corrected chi connectivity index (χ4v) is 3.63. The summed E-state index contributed by atoms with van der Waals surface area (Å²) >= 11 is 0. The van der Waals surface area contributed by atoms with Crippen LogP contribution in [0.1, 0.15) is 49.7 Å². The Bertz CT molecular complexity index is 426.